The van der Waals surface area contributed by atoms with Gasteiger partial charge in [0.25, 0.3) is 5.56 Å². The van der Waals surface area contributed by atoms with Crippen LogP contribution in [0.15, 0.2) is 59.4 Å². The number of nitriles is 1. The van der Waals surface area contributed by atoms with Gasteiger partial charge in [0.2, 0.25) is 0 Å². The van der Waals surface area contributed by atoms with Gasteiger partial charge in [-0.2, -0.15) is 10.4 Å². The molecule has 0 aliphatic carbocycles. The molecule has 0 bridgehead atoms. The van der Waals surface area contributed by atoms with Crippen molar-refractivity contribution in [2.24, 2.45) is 0 Å². The van der Waals surface area contributed by atoms with Gasteiger partial charge < -0.3 is 0 Å². The van der Waals surface area contributed by atoms with Gasteiger partial charge in [0.15, 0.2) is 0 Å². The molecule has 4 nitrogen and oxygen atoms in total. The normalized spacial score (nSPS) is 10.4. The zero-order chi connectivity index (χ0) is 14.7. The Labute approximate surface area is 121 Å². The van der Waals surface area contributed by atoms with Crippen molar-refractivity contribution < 1.29 is 0 Å². The van der Waals surface area contributed by atoms with E-state index in [2.05, 4.69) is 5.10 Å². The highest BCUT2D eigenvalue weighted by Gasteiger charge is 2.10. The van der Waals surface area contributed by atoms with Crippen LogP contribution in [0.2, 0.25) is 0 Å². The van der Waals surface area contributed by atoms with Crippen molar-refractivity contribution in [2.75, 3.05) is 0 Å². The van der Waals surface area contributed by atoms with E-state index >= 15 is 0 Å². The molecule has 0 spiro atoms. The van der Waals surface area contributed by atoms with Crippen LogP contribution in [0, 0.1) is 11.3 Å². The summed E-state index contributed by atoms with van der Waals surface area (Å²) in [5, 5.41) is 14.7. The number of rotatable bonds is 3. The summed E-state index contributed by atoms with van der Waals surface area (Å²) in [7, 11) is 0. The fourth-order valence-electron chi connectivity index (χ4n) is 2.40. The maximum atomic E-state index is 12.3. The predicted octanol–water partition coefficient (Wildman–Crippen LogP) is 2.51. The molecule has 0 saturated carbocycles. The summed E-state index contributed by atoms with van der Waals surface area (Å²) in [6.07, 6.45) is 0.632. The van der Waals surface area contributed by atoms with Gasteiger partial charge in [-0.15, -0.1) is 0 Å². The number of nitrogens with zero attached hydrogens (tertiary/aromatic N) is 3. The number of hydrogen-bond donors (Lipinski definition) is 0. The van der Waals surface area contributed by atoms with Crippen molar-refractivity contribution in [3.8, 4) is 6.07 Å². The maximum absolute atomic E-state index is 12.3. The summed E-state index contributed by atoms with van der Waals surface area (Å²) >= 11 is 0. The van der Waals surface area contributed by atoms with Gasteiger partial charge in [-0.05, 0) is 11.6 Å². The summed E-state index contributed by atoms with van der Waals surface area (Å²) in [6, 6.07) is 19.3. The first-order chi connectivity index (χ1) is 10.3. The van der Waals surface area contributed by atoms with Crippen LogP contribution in [-0.2, 0) is 13.0 Å². The van der Waals surface area contributed by atoms with E-state index in [1.165, 1.54) is 4.68 Å². The van der Waals surface area contributed by atoms with Crippen LogP contribution in [0.3, 0.4) is 0 Å². The van der Waals surface area contributed by atoms with Crippen LogP contribution in [-0.4, -0.2) is 9.78 Å². The summed E-state index contributed by atoms with van der Waals surface area (Å²) in [4.78, 5) is 12.3. The molecule has 3 aromatic rings. The van der Waals surface area contributed by atoms with Crippen molar-refractivity contribution in [3.05, 3.63) is 76.2 Å². The maximum Gasteiger partial charge on any atom is 0.275 e. The number of benzene rings is 2. The van der Waals surface area contributed by atoms with Crippen molar-refractivity contribution in [1.29, 1.82) is 5.26 Å². The van der Waals surface area contributed by atoms with Gasteiger partial charge in [-0.3, -0.25) is 4.79 Å². The molecule has 102 valence electrons. The molecule has 0 fully saturated rings. The molecule has 21 heavy (non-hydrogen) atoms. The molecule has 3 rings (SSSR count). The van der Waals surface area contributed by atoms with Gasteiger partial charge in [0.05, 0.1) is 17.1 Å². The fraction of sp³-hybridized carbons (Fsp3) is 0.118. The molecule has 1 heterocycles. The van der Waals surface area contributed by atoms with Gasteiger partial charge in [-0.25, -0.2) is 4.68 Å². The molecule has 0 N–H and O–H groups in total. The lowest BCUT2D eigenvalue weighted by atomic mass is 10.0. The highest BCUT2D eigenvalue weighted by Crippen LogP contribution is 2.16. The molecular formula is C17H13N3O. The largest absolute Gasteiger partial charge is 0.275 e. The lowest BCUT2D eigenvalue weighted by Crippen LogP contribution is -2.24. The first kappa shape index (κ1) is 13.1. The molecule has 0 amide bonds. The SMILES string of the molecule is N#CCn1nc(Cc2ccccc2)c2ccccc2c1=O. The molecule has 2 aromatic carbocycles. The summed E-state index contributed by atoms with van der Waals surface area (Å²) < 4.78 is 1.24. The minimum absolute atomic E-state index is 0.0363. The molecular weight excluding hydrogens is 262 g/mol. The van der Waals surface area contributed by atoms with Crippen molar-refractivity contribution in [2.45, 2.75) is 13.0 Å². The standard InChI is InChI=1S/C17H13N3O/c18-10-11-20-17(21)15-9-5-4-8-14(15)16(19-20)12-13-6-2-1-3-7-13/h1-9H,11-12H2. The first-order valence-electron chi connectivity index (χ1n) is 6.69. The number of aromatic nitrogens is 2. The molecule has 4 heteroatoms. The lowest BCUT2D eigenvalue weighted by Gasteiger charge is -2.09. The summed E-state index contributed by atoms with van der Waals surface area (Å²) in [5.74, 6) is 0. The van der Waals surface area contributed by atoms with Crippen molar-refractivity contribution >= 4 is 10.8 Å². The molecule has 0 saturated heterocycles. The van der Waals surface area contributed by atoms with Crippen LogP contribution in [0.5, 0.6) is 0 Å². The molecule has 0 atom stereocenters. The predicted molar refractivity (Wildman–Crippen MR) is 80.9 cm³/mol. The lowest BCUT2D eigenvalue weighted by molar-refractivity contribution is 0.651. The van der Waals surface area contributed by atoms with E-state index in [4.69, 9.17) is 5.26 Å². The van der Waals surface area contributed by atoms with E-state index in [1.807, 2.05) is 54.6 Å². The fourth-order valence-corrected chi connectivity index (χ4v) is 2.40. The zero-order valence-corrected chi connectivity index (χ0v) is 11.4. The van der Waals surface area contributed by atoms with E-state index in [1.54, 1.807) is 6.07 Å². The summed E-state index contributed by atoms with van der Waals surface area (Å²) in [5.41, 5.74) is 1.72. The average Bonchev–Trinajstić information content (AvgIpc) is 2.53. The molecule has 0 unspecified atom stereocenters. The second kappa shape index (κ2) is 5.59. The smallest absolute Gasteiger partial charge is 0.267 e. The Kier molecular flexibility index (Phi) is 3.48. The van der Waals surface area contributed by atoms with Gasteiger partial charge in [0, 0.05) is 11.8 Å². The van der Waals surface area contributed by atoms with Crippen molar-refractivity contribution in [1.82, 2.24) is 9.78 Å². The van der Waals surface area contributed by atoms with Gasteiger partial charge >= 0.3 is 0 Å². The minimum atomic E-state index is -0.219. The number of fused-ring (bicyclic) bond motifs is 1. The Morgan fingerprint density at radius 2 is 1.67 bits per heavy atom. The van der Waals surface area contributed by atoms with E-state index in [-0.39, 0.29) is 12.1 Å². The van der Waals surface area contributed by atoms with E-state index < -0.39 is 0 Å². The average molecular weight is 275 g/mol. The van der Waals surface area contributed by atoms with Gasteiger partial charge in [-0.1, -0.05) is 48.5 Å². The topological polar surface area (TPSA) is 58.7 Å². The second-order valence-corrected chi connectivity index (χ2v) is 4.78. The highest BCUT2D eigenvalue weighted by molar-refractivity contribution is 5.83. The van der Waals surface area contributed by atoms with Crippen LogP contribution < -0.4 is 5.56 Å². The monoisotopic (exact) mass is 275 g/mol. The van der Waals surface area contributed by atoms with E-state index in [0.717, 1.165) is 16.6 Å². The molecule has 1 aromatic heterocycles. The van der Waals surface area contributed by atoms with Crippen LogP contribution >= 0.6 is 0 Å². The third-order valence-corrected chi connectivity index (χ3v) is 3.38. The van der Waals surface area contributed by atoms with Crippen molar-refractivity contribution in [3.63, 3.8) is 0 Å². The van der Waals surface area contributed by atoms with Gasteiger partial charge in [0.1, 0.15) is 6.54 Å². The minimum Gasteiger partial charge on any atom is -0.267 e. The zero-order valence-electron chi connectivity index (χ0n) is 11.4. The quantitative estimate of drug-likeness (QED) is 0.738. The summed E-state index contributed by atoms with van der Waals surface area (Å²) in [6.45, 7) is -0.0363. The third kappa shape index (κ3) is 2.54. The Bertz CT molecular complexity index is 876. The molecule has 0 aliphatic rings. The third-order valence-electron chi connectivity index (χ3n) is 3.38. The van der Waals surface area contributed by atoms with E-state index in [9.17, 15) is 4.79 Å². The Morgan fingerprint density at radius 3 is 2.38 bits per heavy atom. The Morgan fingerprint density at radius 1 is 1.00 bits per heavy atom. The first-order valence-corrected chi connectivity index (χ1v) is 6.69. The van der Waals surface area contributed by atoms with E-state index in [0.29, 0.717) is 11.8 Å². The Balaban J connectivity index is 2.19. The molecule has 0 radical (unpaired) electrons. The Hall–Kier alpha value is -2.93. The number of hydrogen-bond acceptors (Lipinski definition) is 3. The highest BCUT2D eigenvalue weighted by atomic mass is 16.1. The second-order valence-electron chi connectivity index (χ2n) is 4.78. The molecule has 0 aliphatic heterocycles. The van der Waals surface area contributed by atoms with Crippen LogP contribution in [0.1, 0.15) is 11.3 Å². The van der Waals surface area contributed by atoms with Crippen LogP contribution in [0.4, 0.5) is 0 Å². The van der Waals surface area contributed by atoms with Crippen LogP contribution in [0.25, 0.3) is 10.8 Å².